The summed E-state index contributed by atoms with van der Waals surface area (Å²) < 4.78 is 34.1. The Hall–Kier alpha value is -3.11. The summed E-state index contributed by atoms with van der Waals surface area (Å²) in [5, 5.41) is 0.603. The molecule has 0 spiro atoms. The largest absolute Gasteiger partial charge is 0.377 e. The highest BCUT2D eigenvalue weighted by Crippen LogP contribution is 2.32. The molecule has 0 radical (unpaired) electrons. The molecule has 1 saturated heterocycles. The number of hydrogen-bond acceptors (Lipinski definition) is 6. The number of sulfonamides is 1. The molecule has 0 saturated carbocycles. The molecule has 3 aromatic carbocycles. The van der Waals surface area contributed by atoms with Gasteiger partial charge < -0.3 is 4.74 Å². The predicted octanol–water partition coefficient (Wildman–Crippen LogP) is 5.25. The molecule has 1 aliphatic heterocycles. The summed E-state index contributed by atoms with van der Waals surface area (Å²) in [5.41, 5.74) is 3.30. The van der Waals surface area contributed by atoms with Crippen molar-refractivity contribution in [3.63, 3.8) is 0 Å². The molecule has 1 amide bonds. The first kappa shape index (κ1) is 25.5. The van der Waals surface area contributed by atoms with E-state index in [0.717, 1.165) is 34.2 Å². The number of aryl methyl sites for hydroxylation is 1. The van der Waals surface area contributed by atoms with Crippen molar-refractivity contribution < 1.29 is 17.9 Å². The van der Waals surface area contributed by atoms with Crippen molar-refractivity contribution in [3.05, 3.63) is 89.5 Å². The van der Waals surface area contributed by atoms with Crippen molar-refractivity contribution in [2.45, 2.75) is 37.3 Å². The summed E-state index contributed by atoms with van der Waals surface area (Å²) in [5.74, 6) is -0.239. The van der Waals surface area contributed by atoms with Crippen LogP contribution in [0.4, 0.5) is 5.13 Å². The molecule has 192 valence electrons. The van der Waals surface area contributed by atoms with Crippen molar-refractivity contribution in [1.82, 2.24) is 9.29 Å². The van der Waals surface area contributed by atoms with E-state index in [2.05, 4.69) is 0 Å². The summed E-state index contributed by atoms with van der Waals surface area (Å²) in [7, 11) is -2.13. The second-order valence-corrected chi connectivity index (χ2v) is 12.3. The number of likely N-dealkylation sites (N-methyl/N-ethyl adjacent to an activating group) is 1. The van der Waals surface area contributed by atoms with E-state index < -0.39 is 10.0 Å². The first-order valence-corrected chi connectivity index (χ1v) is 14.5. The Morgan fingerprint density at radius 1 is 1.05 bits per heavy atom. The van der Waals surface area contributed by atoms with E-state index >= 15 is 0 Å². The van der Waals surface area contributed by atoms with Crippen LogP contribution in [0, 0.1) is 6.92 Å². The van der Waals surface area contributed by atoms with Crippen molar-refractivity contribution in [2.75, 3.05) is 25.1 Å². The molecule has 1 aromatic heterocycles. The third-order valence-electron chi connectivity index (χ3n) is 6.56. The van der Waals surface area contributed by atoms with Gasteiger partial charge in [0.25, 0.3) is 5.91 Å². The topological polar surface area (TPSA) is 79.8 Å². The van der Waals surface area contributed by atoms with Crippen molar-refractivity contribution >= 4 is 42.6 Å². The predicted molar refractivity (Wildman–Crippen MR) is 147 cm³/mol. The molecule has 0 bridgehead atoms. The summed E-state index contributed by atoms with van der Waals surface area (Å²) in [4.78, 5) is 20.4. The zero-order valence-electron chi connectivity index (χ0n) is 20.8. The van der Waals surface area contributed by atoms with Crippen LogP contribution in [0.3, 0.4) is 0 Å². The van der Waals surface area contributed by atoms with Crippen molar-refractivity contribution in [3.8, 4) is 0 Å². The Morgan fingerprint density at radius 2 is 1.81 bits per heavy atom. The Balaban J connectivity index is 1.43. The van der Waals surface area contributed by atoms with E-state index in [1.54, 1.807) is 24.1 Å². The minimum Gasteiger partial charge on any atom is -0.377 e. The second-order valence-electron chi connectivity index (χ2n) is 9.24. The average molecular weight is 536 g/mol. The normalized spacial score (nSPS) is 15.9. The summed E-state index contributed by atoms with van der Waals surface area (Å²) in [6.07, 6.45) is 1.73. The van der Waals surface area contributed by atoms with Gasteiger partial charge in [0.15, 0.2) is 5.13 Å². The third-order valence-corrected chi connectivity index (χ3v) is 9.44. The maximum atomic E-state index is 13.8. The van der Waals surface area contributed by atoms with Gasteiger partial charge in [-0.25, -0.2) is 13.4 Å². The Kier molecular flexibility index (Phi) is 7.39. The zero-order chi connectivity index (χ0) is 26.0. The third kappa shape index (κ3) is 5.45. The molecule has 4 aromatic rings. The van der Waals surface area contributed by atoms with E-state index in [9.17, 15) is 13.2 Å². The highest BCUT2D eigenvalue weighted by Gasteiger charge is 2.27. The van der Waals surface area contributed by atoms with Crippen LogP contribution in [0.1, 0.15) is 34.3 Å². The van der Waals surface area contributed by atoms with Gasteiger partial charge in [-0.2, -0.15) is 4.31 Å². The molecular weight excluding hydrogens is 506 g/mol. The second kappa shape index (κ2) is 10.7. The molecular formula is C28H29N3O4S2. The lowest BCUT2D eigenvalue weighted by Crippen LogP contribution is -2.34. The SMILES string of the molecule is Cc1cccc2sc(N(Cc3ccccc3)C(=O)c3ccc(S(=O)(=O)N(C)CC4CCCO4)cc3)nc12. The van der Waals surface area contributed by atoms with Crippen LogP contribution in [0.15, 0.2) is 77.7 Å². The molecule has 1 aliphatic rings. The quantitative estimate of drug-likeness (QED) is 0.308. The summed E-state index contributed by atoms with van der Waals surface area (Å²) in [6.45, 7) is 3.33. The van der Waals surface area contributed by atoms with Gasteiger partial charge >= 0.3 is 0 Å². The van der Waals surface area contributed by atoms with Gasteiger partial charge in [0, 0.05) is 25.8 Å². The Bertz CT molecular complexity index is 1500. The average Bonchev–Trinajstić information content (AvgIpc) is 3.58. The fourth-order valence-electron chi connectivity index (χ4n) is 4.46. The number of hydrogen-bond donors (Lipinski definition) is 0. The monoisotopic (exact) mass is 535 g/mol. The summed E-state index contributed by atoms with van der Waals surface area (Å²) >= 11 is 1.47. The molecule has 5 rings (SSSR count). The maximum Gasteiger partial charge on any atom is 0.260 e. The number of anilines is 1. The van der Waals surface area contributed by atoms with Gasteiger partial charge in [-0.1, -0.05) is 53.8 Å². The highest BCUT2D eigenvalue weighted by atomic mass is 32.2. The van der Waals surface area contributed by atoms with Crippen LogP contribution in [-0.2, 0) is 21.3 Å². The van der Waals surface area contributed by atoms with Gasteiger partial charge in [-0.05, 0) is 61.2 Å². The fraction of sp³-hybridized carbons (Fsp3) is 0.286. The molecule has 1 unspecified atom stereocenters. The number of amides is 1. The van der Waals surface area contributed by atoms with Crippen molar-refractivity contribution in [1.29, 1.82) is 0 Å². The van der Waals surface area contributed by atoms with Crippen LogP contribution >= 0.6 is 11.3 Å². The number of ether oxygens (including phenoxy) is 1. The van der Waals surface area contributed by atoms with Crippen LogP contribution in [0.5, 0.6) is 0 Å². The lowest BCUT2D eigenvalue weighted by Gasteiger charge is -2.22. The number of rotatable bonds is 8. The van der Waals surface area contributed by atoms with Crippen LogP contribution in [0.2, 0.25) is 0 Å². The minimum atomic E-state index is -3.69. The van der Waals surface area contributed by atoms with E-state index in [0.29, 0.717) is 30.4 Å². The molecule has 37 heavy (non-hydrogen) atoms. The minimum absolute atomic E-state index is 0.0791. The Labute approximate surface area is 221 Å². The number of fused-ring (bicyclic) bond motifs is 1. The molecule has 1 fully saturated rings. The molecule has 7 nitrogen and oxygen atoms in total. The number of carbonyl (C=O) groups excluding carboxylic acids is 1. The van der Waals surface area contributed by atoms with E-state index in [1.165, 1.54) is 27.8 Å². The van der Waals surface area contributed by atoms with Gasteiger partial charge in [-0.15, -0.1) is 0 Å². The molecule has 0 aliphatic carbocycles. The lowest BCUT2D eigenvalue weighted by molar-refractivity contribution is 0.0978. The first-order valence-electron chi connectivity index (χ1n) is 12.2. The van der Waals surface area contributed by atoms with E-state index in [4.69, 9.17) is 9.72 Å². The van der Waals surface area contributed by atoms with E-state index in [-0.39, 0.29) is 16.9 Å². The van der Waals surface area contributed by atoms with Crippen LogP contribution in [0.25, 0.3) is 10.2 Å². The number of nitrogens with zero attached hydrogens (tertiary/aromatic N) is 3. The van der Waals surface area contributed by atoms with E-state index in [1.807, 2.05) is 55.5 Å². The van der Waals surface area contributed by atoms with Gasteiger partial charge in [0.2, 0.25) is 10.0 Å². The highest BCUT2D eigenvalue weighted by molar-refractivity contribution is 7.89. The van der Waals surface area contributed by atoms with Crippen molar-refractivity contribution in [2.24, 2.45) is 0 Å². The van der Waals surface area contributed by atoms with Gasteiger partial charge in [0.05, 0.1) is 27.8 Å². The first-order chi connectivity index (χ1) is 17.8. The Morgan fingerprint density at radius 3 is 2.49 bits per heavy atom. The number of aromatic nitrogens is 1. The van der Waals surface area contributed by atoms with Gasteiger partial charge in [0.1, 0.15) is 0 Å². The standard InChI is InChI=1S/C28H29N3O4S2/c1-20-8-6-12-25-26(20)29-28(36-25)31(18-21-9-4-3-5-10-21)27(32)22-13-15-24(16-14-22)37(33,34)30(2)19-23-11-7-17-35-23/h3-6,8-10,12-16,23H,7,11,17-19H2,1-2H3. The number of para-hydroxylation sites is 1. The maximum absolute atomic E-state index is 13.8. The molecule has 9 heteroatoms. The van der Waals surface area contributed by atoms with Crippen LogP contribution < -0.4 is 4.90 Å². The fourth-order valence-corrected chi connectivity index (χ4v) is 6.70. The molecule has 2 heterocycles. The lowest BCUT2D eigenvalue weighted by atomic mass is 10.1. The number of thiazole rings is 1. The zero-order valence-corrected chi connectivity index (χ0v) is 22.5. The summed E-state index contributed by atoms with van der Waals surface area (Å²) in [6, 6.07) is 21.9. The van der Waals surface area contributed by atoms with Gasteiger partial charge in [-0.3, -0.25) is 9.69 Å². The molecule has 0 N–H and O–H groups in total. The van der Waals surface area contributed by atoms with Crippen LogP contribution in [-0.4, -0.2) is 49.9 Å². The molecule has 1 atom stereocenters. The number of carbonyl (C=O) groups is 1. The number of benzene rings is 3. The smallest absolute Gasteiger partial charge is 0.260 e.